The molecular weight excluding hydrogens is 309 g/mol. The van der Waals surface area contributed by atoms with Gasteiger partial charge in [-0.15, -0.1) is 0 Å². The Hall–Kier alpha value is -1.88. The molecule has 0 amide bonds. The van der Waals surface area contributed by atoms with Crippen LogP contribution in [0.2, 0.25) is 0 Å². The highest BCUT2D eigenvalue weighted by molar-refractivity contribution is 9.10. The molecule has 0 aliphatic carbocycles. The Bertz CT molecular complexity index is 780. The minimum Gasteiger partial charge on any atom is -0.369 e. The third-order valence-electron chi connectivity index (χ3n) is 3.05. The van der Waals surface area contributed by atoms with Crippen molar-refractivity contribution < 1.29 is 4.39 Å². The van der Waals surface area contributed by atoms with Crippen molar-refractivity contribution >= 4 is 32.9 Å². The Morgan fingerprint density at radius 3 is 2.74 bits per heavy atom. The summed E-state index contributed by atoms with van der Waals surface area (Å²) in [6.07, 6.45) is 0. The number of fused-ring (bicyclic) bond motifs is 1. The van der Waals surface area contributed by atoms with Gasteiger partial charge in [-0.3, -0.25) is 4.57 Å². The SMILES string of the molecule is Cc1cc2c(cc1F)nc(N)n2-c1ccccc1Br. The summed E-state index contributed by atoms with van der Waals surface area (Å²) < 4.78 is 16.3. The standard InChI is InChI=1S/C14H11BrFN3/c1-8-6-13-11(7-10(8)16)18-14(17)19(13)12-5-3-2-4-9(12)15/h2-7H,1H3,(H2,17,18). The molecule has 96 valence electrons. The summed E-state index contributed by atoms with van der Waals surface area (Å²) in [5.41, 5.74) is 8.76. The number of benzene rings is 2. The fourth-order valence-corrected chi connectivity index (χ4v) is 2.57. The van der Waals surface area contributed by atoms with Crippen LogP contribution in [0.3, 0.4) is 0 Å². The Balaban J connectivity index is 2.38. The van der Waals surface area contributed by atoms with Gasteiger partial charge in [-0.2, -0.15) is 0 Å². The lowest BCUT2D eigenvalue weighted by atomic mass is 10.2. The van der Waals surface area contributed by atoms with Gasteiger partial charge in [0.15, 0.2) is 0 Å². The Labute approximate surface area is 118 Å². The van der Waals surface area contributed by atoms with Gasteiger partial charge in [0.2, 0.25) is 5.95 Å². The Kier molecular flexibility index (Phi) is 2.78. The number of hydrogen-bond donors (Lipinski definition) is 1. The van der Waals surface area contributed by atoms with Crippen LogP contribution in [0.1, 0.15) is 5.56 Å². The molecule has 0 bridgehead atoms. The topological polar surface area (TPSA) is 43.8 Å². The minimum atomic E-state index is -0.274. The van der Waals surface area contributed by atoms with Crippen LogP contribution in [0, 0.1) is 12.7 Å². The summed E-state index contributed by atoms with van der Waals surface area (Å²) in [5, 5.41) is 0. The highest BCUT2D eigenvalue weighted by Gasteiger charge is 2.13. The van der Waals surface area contributed by atoms with Gasteiger partial charge in [0, 0.05) is 10.5 Å². The number of aryl methyl sites for hydroxylation is 1. The van der Waals surface area contributed by atoms with Crippen LogP contribution in [0.5, 0.6) is 0 Å². The zero-order valence-electron chi connectivity index (χ0n) is 10.2. The first-order chi connectivity index (χ1) is 9.08. The molecule has 1 aromatic heterocycles. The second-order valence-corrected chi connectivity index (χ2v) is 5.20. The molecule has 0 atom stereocenters. The van der Waals surface area contributed by atoms with Gasteiger partial charge in [0.25, 0.3) is 0 Å². The van der Waals surface area contributed by atoms with E-state index in [0.717, 1.165) is 15.7 Å². The summed E-state index contributed by atoms with van der Waals surface area (Å²) in [6, 6.07) is 10.9. The van der Waals surface area contributed by atoms with E-state index in [1.165, 1.54) is 6.07 Å². The van der Waals surface area contributed by atoms with Crippen LogP contribution in [0.15, 0.2) is 40.9 Å². The molecule has 19 heavy (non-hydrogen) atoms. The van der Waals surface area contributed by atoms with Gasteiger partial charge >= 0.3 is 0 Å². The molecule has 0 aliphatic rings. The summed E-state index contributed by atoms with van der Waals surface area (Å²) in [5.74, 6) is 0.0659. The van der Waals surface area contributed by atoms with Crippen molar-refractivity contribution in [3.63, 3.8) is 0 Å². The Morgan fingerprint density at radius 1 is 1.26 bits per heavy atom. The number of hydrogen-bond acceptors (Lipinski definition) is 2. The van der Waals surface area contributed by atoms with E-state index in [1.54, 1.807) is 13.0 Å². The molecule has 1 heterocycles. The molecule has 2 aromatic carbocycles. The zero-order chi connectivity index (χ0) is 13.6. The maximum atomic E-state index is 13.6. The fourth-order valence-electron chi connectivity index (χ4n) is 2.11. The highest BCUT2D eigenvalue weighted by Crippen LogP contribution is 2.29. The van der Waals surface area contributed by atoms with E-state index in [4.69, 9.17) is 5.73 Å². The van der Waals surface area contributed by atoms with E-state index in [2.05, 4.69) is 20.9 Å². The summed E-state index contributed by atoms with van der Waals surface area (Å²) >= 11 is 3.49. The van der Waals surface area contributed by atoms with Crippen molar-refractivity contribution in [2.24, 2.45) is 0 Å². The van der Waals surface area contributed by atoms with Crippen LogP contribution < -0.4 is 5.73 Å². The number of aromatic nitrogens is 2. The van der Waals surface area contributed by atoms with Crippen LogP contribution >= 0.6 is 15.9 Å². The van der Waals surface area contributed by atoms with Crippen molar-refractivity contribution in [2.75, 3.05) is 5.73 Å². The smallest absolute Gasteiger partial charge is 0.205 e. The van der Waals surface area contributed by atoms with Crippen molar-refractivity contribution in [2.45, 2.75) is 6.92 Å². The molecule has 5 heteroatoms. The number of para-hydroxylation sites is 1. The largest absolute Gasteiger partial charge is 0.369 e. The van der Waals surface area contributed by atoms with E-state index in [-0.39, 0.29) is 5.82 Å². The molecule has 2 N–H and O–H groups in total. The van der Waals surface area contributed by atoms with Gasteiger partial charge in [0.05, 0.1) is 16.7 Å². The Morgan fingerprint density at radius 2 is 2.00 bits per heavy atom. The zero-order valence-corrected chi connectivity index (χ0v) is 11.8. The maximum absolute atomic E-state index is 13.6. The number of nitrogen functional groups attached to an aromatic ring is 1. The molecule has 0 saturated carbocycles. The molecule has 0 radical (unpaired) electrons. The molecule has 0 unspecified atom stereocenters. The number of anilines is 1. The predicted molar refractivity (Wildman–Crippen MR) is 77.9 cm³/mol. The van der Waals surface area contributed by atoms with E-state index in [1.807, 2.05) is 28.8 Å². The van der Waals surface area contributed by atoms with Crippen LogP contribution in [-0.4, -0.2) is 9.55 Å². The summed E-state index contributed by atoms with van der Waals surface area (Å²) in [6.45, 7) is 1.72. The average Bonchev–Trinajstić information content (AvgIpc) is 2.66. The van der Waals surface area contributed by atoms with Crippen LogP contribution in [0.25, 0.3) is 16.7 Å². The second-order valence-electron chi connectivity index (χ2n) is 4.35. The normalized spacial score (nSPS) is 11.1. The van der Waals surface area contributed by atoms with E-state index < -0.39 is 0 Å². The molecule has 0 saturated heterocycles. The lowest BCUT2D eigenvalue weighted by molar-refractivity contribution is 0.620. The number of nitrogens with zero attached hydrogens (tertiary/aromatic N) is 2. The third-order valence-corrected chi connectivity index (χ3v) is 3.72. The number of halogens is 2. The van der Waals surface area contributed by atoms with E-state index in [9.17, 15) is 4.39 Å². The van der Waals surface area contributed by atoms with Crippen LogP contribution in [0.4, 0.5) is 10.3 Å². The highest BCUT2D eigenvalue weighted by atomic mass is 79.9. The van der Waals surface area contributed by atoms with E-state index >= 15 is 0 Å². The first kappa shape index (κ1) is 12.2. The van der Waals surface area contributed by atoms with Gasteiger partial charge in [-0.25, -0.2) is 9.37 Å². The summed E-state index contributed by atoms with van der Waals surface area (Å²) in [4.78, 5) is 4.21. The van der Waals surface area contributed by atoms with E-state index in [0.29, 0.717) is 17.0 Å². The fraction of sp³-hybridized carbons (Fsp3) is 0.0714. The molecule has 3 rings (SSSR count). The number of rotatable bonds is 1. The average molecular weight is 320 g/mol. The molecule has 0 aliphatic heterocycles. The first-order valence-corrected chi connectivity index (χ1v) is 6.56. The van der Waals surface area contributed by atoms with Gasteiger partial charge in [0.1, 0.15) is 5.82 Å². The third kappa shape index (κ3) is 1.90. The maximum Gasteiger partial charge on any atom is 0.205 e. The lowest BCUT2D eigenvalue weighted by Gasteiger charge is -2.09. The van der Waals surface area contributed by atoms with Crippen LogP contribution in [-0.2, 0) is 0 Å². The molecule has 3 aromatic rings. The monoisotopic (exact) mass is 319 g/mol. The predicted octanol–water partition coefficient (Wildman–Crippen LogP) is 3.82. The van der Waals surface area contributed by atoms with Crippen molar-refractivity contribution in [1.82, 2.24) is 9.55 Å². The number of nitrogens with two attached hydrogens (primary N) is 1. The first-order valence-electron chi connectivity index (χ1n) is 5.77. The van der Waals surface area contributed by atoms with Crippen molar-refractivity contribution in [3.8, 4) is 5.69 Å². The molecule has 0 fully saturated rings. The quantitative estimate of drug-likeness (QED) is 0.741. The second kappa shape index (κ2) is 4.35. The van der Waals surface area contributed by atoms with Gasteiger partial charge in [-0.1, -0.05) is 12.1 Å². The van der Waals surface area contributed by atoms with Gasteiger partial charge in [-0.05, 0) is 46.6 Å². The summed E-state index contributed by atoms with van der Waals surface area (Å²) in [7, 11) is 0. The minimum absolute atomic E-state index is 0.274. The number of imidazole rings is 1. The van der Waals surface area contributed by atoms with Gasteiger partial charge < -0.3 is 5.73 Å². The lowest BCUT2D eigenvalue weighted by Crippen LogP contribution is -2.01. The molecule has 0 spiro atoms. The van der Waals surface area contributed by atoms with Crippen molar-refractivity contribution in [1.29, 1.82) is 0 Å². The molecular formula is C14H11BrFN3. The molecule has 3 nitrogen and oxygen atoms in total. The van der Waals surface area contributed by atoms with Crippen molar-refractivity contribution in [3.05, 3.63) is 52.3 Å².